The number of aromatic nitrogens is 2. The van der Waals surface area contributed by atoms with Crippen molar-refractivity contribution in [2.45, 2.75) is 39.7 Å². The van der Waals surface area contributed by atoms with Crippen molar-refractivity contribution in [3.8, 4) is 0 Å². The maximum Gasteiger partial charge on any atom is 0.214 e. The number of rotatable bonds is 8. The van der Waals surface area contributed by atoms with Crippen LogP contribution < -0.4 is 0 Å². The third-order valence-corrected chi connectivity index (χ3v) is 6.21. The summed E-state index contributed by atoms with van der Waals surface area (Å²) in [6.45, 7) is 8.89. The predicted octanol–water partition coefficient (Wildman–Crippen LogP) is 1.19. The van der Waals surface area contributed by atoms with Gasteiger partial charge < -0.3 is 4.57 Å². The van der Waals surface area contributed by atoms with Crippen molar-refractivity contribution < 1.29 is 8.42 Å². The highest BCUT2D eigenvalue weighted by atomic mass is 32.2. The zero-order valence-corrected chi connectivity index (χ0v) is 14.6. The molecule has 1 aliphatic heterocycles. The second kappa shape index (κ2) is 8.08. The molecule has 1 aliphatic rings. The molecule has 0 spiro atoms. The molecule has 7 heteroatoms. The van der Waals surface area contributed by atoms with Crippen LogP contribution in [-0.4, -0.2) is 65.7 Å². The van der Waals surface area contributed by atoms with Crippen molar-refractivity contribution in [2.24, 2.45) is 0 Å². The van der Waals surface area contributed by atoms with E-state index in [0.717, 1.165) is 51.3 Å². The molecule has 1 aromatic rings. The fraction of sp³-hybridized carbons (Fsp3) is 0.800. The maximum absolute atomic E-state index is 12.2. The smallest absolute Gasteiger partial charge is 0.214 e. The average Bonchev–Trinajstić information content (AvgIpc) is 2.99. The minimum atomic E-state index is -3.05. The minimum absolute atomic E-state index is 0.290. The van der Waals surface area contributed by atoms with Crippen LogP contribution in [0.3, 0.4) is 0 Å². The van der Waals surface area contributed by atoms with Gasteiger partial charge in [-0.1, -0.05) is 20.3 Å². The third kappa shape index (κ3) is 4.54. The summed E-state index contributed by atoms with van der Waals surface area (Å²) in [6.07, 6.45) is 6.48. The van der Waals surface area contributed by atoms with Crippen LogP contribution in [0, 0.1) is 0 Å². The van der Waals surface area contributed by atoms with Gasteiger partial charge in [0.25, 0.3) is 0 Å². The number of hydrogen-bond acceptors (Lipinski definition) is 4. The fourth-order valence-corrected chi connectivity index (χ4v) is 4.43. The van der Waals surface area contributed by atoms with Gasteiger partial charge in [0.15, 0.2) is 0 Å². The van der Waals surface area contributed by atoms with Crippen molar-refractivity contribution >= 4 is 10.0 Å². The number of sulfonamides is 1. The lowest BCUT2D eigenvalue weighted by Crippen LogP contribution is -2.49. The molecule has 1 saturated heterocycles. The molecule has 126 valence electrons. The summed E-state index contributed by atoms with van der Waals surface area (Å²) in [5, 5.41) is 0. The molecule has 22 heavy (non-hydrogen) atoms. The van der Waals surface area contributed by atoms with Gasteiger partial charge in [-0.25, -0.2) is 13.4 Å². The Labute approximate surface area is 134 Å². The van der Waals surface area contributed by atoms with E-state index in [1.165, 1.54) is 0 Å². The zero-order chi connectivity index (χ0) is 16.0. The molecule has 1 aromatic heterocycles. The van der Waals surface area contributed by atoms with Crippen LogP contribution in [0.15, 0.2) is 12.4 Å². The number of piperazine rings is 1. The first-order valence-corrected chi connectivity index (χ1v) is 9.88. The number of hydrogen-bond donors (Lipinski definition) is 0. The molecule has 0 aromatic carbocycles. The second-order valence-electron chi connectivity index (χ2n) is 5.80. The first-order valence-electron chi connectivity index (χ1n) is 8.27. The average molecular weight is 328 g/mol. The van der Waals surface area contributed by atoms with Crippen LogP contribution in [0.2, 0.25) is 0 Å². The first-order chi connectivity index (χ1) is 10.6. The third-order valence-electron chi connectivity index (χ3n) is 4.26. The molecule has 0 radical (unpaired) electrons. The van der Waals surface area contributed by atoms with Crippen molar-refractivity contribution in [1.82, 2.24) is 18.8 Å². The van der Waals surface area contributed by atoms with Crippen LogP contribution in [0.1, 0.15) is 32.5 Å². The Morgan fingerprint density at radius 3 is 2.50 bits per heavy atom. The molecule has 0 N–H and O–H groups in total. The molecule has 0 atom stereocenters. The van der Waals surface area contributed by atoms with Gasteiger partial charge in [-0.3, -0.25) is 4.90 Å². The summed E-state index contributed by atoms with van der Waals surface area (Å²) < 4.78 is 28.2. The van der Waals surface area contributed by atoms with Crippen LogP contribution >= 0.6 is 0 Å². The van der Waals surface area contributed by atoms with Crippen LogP contribution in [0.25, 0.3) is 0 Å². The molecule has 6 nitrogen and oxygen atoms in total. The molecule has 0 unspecified atom stereocenters. The molecule has 0 bridgehead atoms. The second-order valence-corrected chi connectivity index (χ2v) is 7.89. The fourth-order valence-electron chi connectivity index (χ4n) is 2.79. The summed E-state index contributed by atoms with van der Waals surface area (Å²) in [5.41, 5.74) is 0. The Kier molecular flexibility index (Phi) is 6.40. The monoisotopic (exact) mass is 328 g/mol. The summed E-state index contributed by atoms with van der Waals surface area (Å²) in [7, 11) is -3.05. The molecule has 2 heterocycles. The van der Waals surface area contributed by atoms with E-state index in [1.54, 1.807) is 4.31 Å². The lowest BCUT2D eigenvalue weighted by atomic mass is 10.3. The molecular formula is C15H28N4O2S. The van der Waals surface area contributed by atoms with E-state index in [1.807, 2.05) is 19.3 Å². The quantitative estimate of drug-likeness (QED) is 0.719. The van der Waals surface area contributed by atoms with E-state index in [9.17, 15) is 8.42 Å². The molecule has 2 rings (SSSR count). The lowest BCUT2D eigenvalue weighted by molar-refractivity contribution is 0.182. The molecule has 0 aliphatic carbocycles. The van der Waals surface area contributed by atoms with Crippen molar-refractivity contribution in [2.75, 3.05) is 38.5 Å². The topological polar surface area (TPSA) is 58.4 Å². The summed E-state index contributed by atoms with van der Waals surface area (Å²) in [4.78, 5) is 6.67. The largest absolute Gasteiger partial charge is 0.334 e. The summed E-state index contributed by atoms with van der Waals surface area (Å²) in [6, 6.07) is 0. The summed E-state index contributed by atoms with van der Waals surface area (Å²) in [5.74, 6) is 1.40. The Morgan fingerprint density at radius 1 is 1.14 bits per heavy atom. The first kappa shape index (κ1) is 17.4. The lowest BCUT2D eigenvalue weighted by Gasteiger charge is -2.34. The number of nitrogens with zero attached hydrogens (tertiary/aromatic N) is 4. The highest BCUT2D eigenvalue weighted by Gasteiger charge is 2.26. The number of unbranched alkanes of at least 4 members (excludes halogenated alkanes) is 1. The standard InChI is InChI=1S/C15H28N4O2S/c1-3-5-14-22(20,21)19-12-9-17(10-13-19)8-11-18-7-6-16-15(18)4-2/h6-7H,3-5,8-14H2,1-2H3. The van der Waals surface area contributed by atoms with E-state index >= 15 is 0 Å². The normalized spacial score (nSPS) is 17.9. The van der Waals surface area contributed by atoms with Crippen LogP contribution in [-0.2, 0) is 23.0 Å². The van der Waals surface area contributed by atoms with Crippen molar-refractivity contribution in [3.05, 3.63) is 18.2 Å². The van der Waals surface area contributed by atoms with Gasteiger partial charge in [-0.2, -0.15) is 4.31 Å². The summed E-state index contributed by atoms with van der Waals surface area (Å²) >= 11 is 0. The van der Waals surface area contributed by atoms with E-state index in [0.29, 0.717) is 18.8 Å². The van der Waals surface area contributed by atoms with E-state index in [4.69, 9.17) is 0 Å². The SMILES string of the molecule is CCCCS(=O)(=O)N1CCN(CCn2ccnc2CC)CC1. The van der Waals surface area contributed by atoms with Gasteiger partial charge in [0.2, 0.25) is 10.0 Å². The highest BCUT2D eigenvalue weighted by molar-refractivity contribution is 7.89. The molecule has 1 fully saturated rings. The van der Waals surface area contributed by atoms with Gasteiger partial charge in [0, 0.05) is 58.1 Å². The van der Waals surface area contributed by atoms with Gasteiger partial charge in [0.1, 0.15) is 5.82 Å². The van der Waals surface area contributed by atoms with E-state index in [-0.39, 0.29) is 0 Å². The highest BCUT2D eigenvalue weighted by Crippen LogP contribution is 2.10. The molecular weight excluding hydrogens is 300 g/mol. The number of imidazole rings is 1. The zero-order valence-electron chi connectivity index (χ0n) is 13.7. The van der Waals surface area contributed by atoms with Crippen LogP contribution in [0.5, 0.6) is 0 Å². The Hall–Kier alpha value is -0.920. The Bertz CT molecular complexity index is 548. The van der Waals surface area contributed by atoms with Gasteiger partial charge in [-0.05, 0) is 6.42 Å². The molecule has 0 amide bonds. The predicted molar refractivity (Wildman–Crippen MR) is 88.3 cm³/mol. The minimum Gasteiger partial charge on any atom is -0.334 e. The Balaban J connectivity index is 1.78. The van der Waals surface area contributed by atoms with E-state index < -0.39 is 10.0 Å². The van der Waals surface area contributed by atoms with E-state index in [2.05, 4.69) is 21.4 Å². The van der Waals surface area contributed by atoms with Crippen molar-refractivity contribution in [3.63, 3.8) is 0 Å². The van der Waals surface area contributed by atoms with Gasteiger partial charge in [0.05, 0.1) is 5.75 Å². The van der Waals surface area contributed by atoms with Gasteiger partial charge >= 0.3 is 0 Å². The van der Waals surface area contributed by atoms with Crippen LogP contribution in [0.4, 0.5) is 0 Å². The Morgan fingerprint density at radius 2 is 1.86 bits per heavy atom. The van der Waals surface area contributed by atoms with Crippen molar-refractivity contribution in [1.29, 1.82) is 0 Å². The van der Waals surface area contributed by atoms with Gasteiger partial charge in [-0.15, -0.1) is 0 Å². The molecule has 0 saturated carbocycles. The maximum atomic E-state index is 12.2. The number of aryl methyl sites for hydroxylation is 1.